The van der Waals surface area contributed by atoms with Crippen LogP contribution in [0.2, 0.25) is 0 Å². The van der Waals surface area contributed by atoms with Crippen LogP contribution in [-0.2, 0) is 9.59 Å². The average Bonchev–Trinajstić information content (AvgIpc) is 2.33. The maximum atomic E-state index is 11.6. The van der Waals surface area contributed by atoms with Gasteiger partial charge in [-0.15, -0.1) is 0 Å². The van der Waals surface area contributed by atoms with Crippen LogP contribution in [0.15, 0.2) is 0 Å². The second-order valence-electron chi connectivity index (χ2n) is 7.31. The third-order valence-corrected chi connectivity index (χ3v) is 4.16. The van der Waals surface area contributed by atoms with Gasteiger partial charge in [0.05, 0.1) is 0 Å². The predicted molar refractivity (Wildman–Crippen MR) is 81.3 cm³/mol. The fourth-order valence-electron chi connectivity index (χ4n) is 3.64. The summed E-state index contributed by atoms with van der Waals surface area (Å²) in [7, 11) is 0. The van der Waals surface area contributed by atoms with E-state index < -0.39 is 0 Å². The molecule has 0 bridgehead atoms. The maximum absolute atomic E-state index is 11.6. The van der Waals surface area contributed by atoms with E-state index in [1.165, 1.54) is 0 Å². The first kappa shape index (κ1) is 17.0. The van der Waals surface area contributed by atoms with Crippen molar-refractivity contribution in [2.24, 2.45) is 10.8 Å². The van der Waals surface area contributed by atoms with Crippen molar-refractivity contribution in [3.05, 3.63) is 0 Å². The summed E-state index contributed by atoms with van der Waals surface area (Å²) in [6.07, 6.45) is 4.07. The predicted octanol–water partition coefficient (Wildman–Crippen LogP) is 2.62. The molecule has 2 N–H and O–H groups in total. The Bertz CT molecular complexity index is 365. The quantitative estimate of drug-likeness (QED) is 0.814. The Hall–Kier alpha value is -1.06. The molecule has 2 amide bonds. The minimum atomic E-state index is 0.0538. The SMILES string of the molecule is CCC(=O)NC[C@@]1(C)C[C@H](NC(=O)CC)CC(C)(C)C1. The molecule has 0 aromatic rings. The molecule has 1 saturated carbocycles. The van der Waals surface area contributed by atoms with Crippen LogP contribution in [0.5, 0.6) is 0 Å². The van der Waals surface area contributed by atoms with Gasteiger partial charge in [0.15, 0.2) is 0 Å². The van der Waals surface area contributed by atoms with E-state index >= 15 is 0 Å². The Morgan fingerprint density at radius 1 is 1.05 bits per heavy atom. The van der Waals surface area contributed by atoms with Gasteiger partial charge in [-0.1, -0.05) is 34.6 Å². The number of carbonyl (C=O) groups is 2. The molecule has 0 unspecified atom stereocenters. The van der Waals surface area contributed by atoms with E-state index in [2.05, 4.69) is 31.4 Å². The highest BCUT2D eigenvalue weighted by Crippen LogP contribution is 2.45. The normalized spacial score (nSPS) is 28.8. The Morgan fingerprint density at radius 2 is 1.65 bits per heavy atom. The van der Waals surface area contributed by atoms with Crippen molar-refractivity contribution in [3.63, 3.8) is 0 Å². The molecule has 0 heterocycles. The smallest absolute Gasteiger partial charge is 0.219 e. The lowest BCUT2D eigenvalue weighted by Gasteiger charge is -2.47. The monoisotopic (exact) mass is 282 g/mol. The summed E-state index contributed by atoms with van der Waals surface area (Å²) < 4.78 is 0. The van der Waals surface area contributed by atoms with E-state index in [0.29, 0.717) is 19.4 Å². The van der Waals surface area contributed by atoms with Crippen LogP contribution in [0.25, 0.3) is 0 Å². The van der Waals surface area contributed by atoms with Crippen molar-refractivity contribution in [1.82, 2.24) is 10.6 Å². The summed E-state index contributed by atoms with van der Waals surface area (Å²) in [5.74, 6) is 0.219. The highest BCUT2D eigenvalue weighted by atomic mass is 16.2. The van der Waals surface area contributed by atoms with Crippen molar-refractivity contribution in [2.75, 3.05) is 6.54 Å². The highest BCUT2D eigenvalue weighted by Gasteiger charge is 2.41. The molecule has 20 heavy (non-hydrogen) atoms. The molecule has 1 aliphatic carbocycles. The van der Waals surface area contributed by atoms with Gasteiger partial charge in [-0.25, -0.2) is 0 Å². The van der Waals surface area contributed by atoms with Gasteiger partial charge in [-0.2, -0.15) is 0 Å². The molecule has 1 rings (SSSR count). The Balaban J connectivity index is 2.70. The molecule has 0 aliphatic heterocycles. The fourth-order valence-corrected chi connectivity index (χ4v) is 3.64. The molecule has 0 saturated heterocycles. The van der Waals surface area contributed by atoms with E-state index in [0.717, 1.165) is 19.3 Å². The van der Waals surface area contributed by atoms with E-state index in [-0.39, 0.29) is 28.7 Å². The average molecular weight is 282 g/mol. The van der Waals surface area contributed by atoms with Crippen LogP contribution in [0.4, 0.5) is 0 Å². The molecular formula is C16H30N2O2. The molecule has 1 aliphatic rings. The first-order valence-electron chi connectivity index (χ1n) is 7.76. The van der Waals surface area contributed by atoms with Crippen LogP contribution < -0.4 is 10.6 Å². The second-order valence-corrected chi connectivity index (χ2v) is 7.31. The standard InChI is InChI=1S/C16H30N2O2/c1-6-13(19)17-11-16(5)9-12(18-14(20)7-2)8-15(3,4)10-16/h12H,6-11H2,1-5H3,(H,17,19)(H,18,20)/t12-,16+/m1/s1. The van der Waals surface area contributed by atoms with E-state index in [9.17, 15) is 9.59 Å². The third-order valence-electron chi connectivity index (χ3n) is 4.16. The van der Waals surface area contributed by atoms with Crippen molar-refractivity contribution in [3.8, 4) is 0 Å². The second kappa shape index (κ2) is 6.59. The van der Waals surface area contributed by atoms with Crippen LogP contribution in [-0.4, -0.2) is 24.4 Å². The Kier molecular flexibility index (Phi) is 5.60. The zero-order chi connectivity index (χ0) is 15.4. The molecule has 4 heteroatoms. The van der Waals surface area contributed by atoms with Gasteiger partial charge >= 0.3 is 0 Å². The molecule has 1 fully saturated rings. The van der Waals surface area contributed by atoms with E-state index in [4.69, 9.17) is 0 Å². The first-order chi connectivity index (χ1) is 9.19. The van der Waals surface area contributed by atoms with Crippen LogP contribution in [0.3, 0.4) is 0 Å². The summed E-state index contributed by atoms with van der Waals surface area (Å²) in [5.41, 5.74) is 0.244. The topological polar surface area (TPSA) is 58.2 Å². The molecule has 4 nitrogen and oxygen atoms in total. The van der Waals surface area contributed by atoms with Crippen LogP contribution in [0.1, 0.15) is 66.7 Å². The van der Waals surface area contributed by atoms with Crippen molar-refractivity contribution >= 4 is 11.8 Å². The molecule has 0 aromatic heterocycles. The van der Waals surface area contributed by atoms with Gasteiger partial charge < -0.3 is 10.6 Å². The number of hydrogen-bond donors (Lipinski definition) is 2. The molecule has 116 valence electrons. The van der Waals surface area contributed by atoms with Gasteiger partial charge in [-0.05, 0) is 30.1 Å². The fraction of sp³-hybridized carbons (Fsp3) is 0.875. The summed E-state index contributed by atoms with van der Waals surface area (Å²) in [6.45, 7) is 11.2. The van der Waals surface area contributed by atoms with Crippen molar-refractivity contribution in [1.29, 1.82) is 0 Å². The highest BCUT2D eigenvalue weighted by molar-refractivity contribution is 5.76. The molecule has 0 spiro atoms. The number of hydrogen-bond acceptors (Lipinski definition) is 2. The Labute approximate surface area is 123 Å². The Morgan fingerprint density at radius 3 is 2.20 bits per heavy atom. The molecule has 2 atom stereocenters. The summed E-state index contributed by atoms with van der Waals surface area (Å²) >= 11 is 0. The van der Waals surface area contributed by atoms with E-state index in [1.54, 1.807) is 0 Å². The zero-order valence-corrected chi connectivity index (χ0v) is 13.6. The lowest BCUT2D eigenvalue weighted by atomic mass is 9.62. The first-order valence-corrected chi connectivity index (χ1v) is 7.76. The summed E-state index contributed by atoms with van der Waals surface area (Å²) in [6, 6.07) is 0.217. The van der Waals surface area contributed by atoms with Crippen molar-refractivity contribution < 1.29 is 9.59 Å². The number of amides is 2. The van der Waals surface area contributed by atoms with E-state index in [1.807, 2.05) is 13.8 Å². The van der Waals surface area contributed by atoms with Crippen LogP contribution >= 0.6 is 0 Å². The van der Waals surface area contributed by atoms with Gasteiger partial charge in [0, 0.05) is 25.4 Å². The van der Waals surface area contributed by atoms with Crippen LogP contribution in [0, 0.1) is 10.8 Å². The molecule has 0 aromatic carbocycles. The number of nitrogens with one attached hydrogen (secondary N) is 2. The minimum Gasteiger partial charge on any atom is -0.356 e. The van der Waals surface area contributed by atoms with Gasteiger partial charge in [0.1, 0.15) is 0 Å². The van der Waals surface area contributed by atoms with Crippen molar-refractivity contribution in [2.45, 2.75) is 72.8 Å². The third kappa shape index (κ3) is 5.14. The zero-order valence-electron chi connectivity index (χ0n) is 13.6. The maximum Gasteiger partial charge on any atom is 0.219 e. The van der Waals surface area contributed by atoms with Gasteiger partial charge in [0.25, 0.3) is 0 Å². The minimum absolute atomic E-state index is 0.0538. The molecule has 0 radical (unpaired) electrons. The summed E-state index contributed by atoms with van der Waals surface area (Å²) in [5, 5.41) is 6.15. The largest absolute Gasteiger partial charge is 0.356 e. The van der Waals surface area contributed by atoms with Gasteiger partial charge in [-0.3, -0.25) is 9.59 Å². The number of rotatable bonds is 5. The lowest BCUT2D eigenvalue weighted by Crippen LogP contribution is -2.50. The lowest BCUT2D eigenvalue weighted by molar-refractivity contribution is -0.123. The number of carbonyl (C=O) groups excluding carboxylic acids is 2. The van der Waals surface area contributed by atoms with Gasteiger partial charge in [0.2, 0.25) is 11.8 Å². The summed E-state index contributed by atoms with van der Waals surface area (Å²) in [4.78, 5) is 23.1. The molecular weight excluding hydrogens is 252 g/mol.